The molecular weight excluding hydrogens is 302 g/mol. The Morgan fingerprint density at radius 3 is 2.38 bits per heavy atom. The van der Waals surface area contributed by atoms with Gasteiger partial charge >= 0.3 is 0 Å². The van der Waals surface area contributed by atoms with E-state index in [-0.39, 0.29) is 6.29 Å². The van der Waals surface area contributed by atoms with Gasteiger partial charge in [0, 0.05) is 23.4 Å². The maximum absolute atomic E-state index is 5.88. The highest BCUT2D eigenvalue weighted by Gasteiger charge is 2.09. The molecule has 0 radical (unpaired) electrons. The maximum Gasteiger partial charge on any atom is 0.183 e. The van der Waals surface area contributed by atoms with E-state index in [9.17, 15) is 0 Å². The maximum atomic E-state index is 5.88. The van der Waals surface area contributed by atoms with Crippen LogP contribution >= 0.6 is 34.2 Å². The second-order valence-electron chi connectivity index (χ2n) is 2.48. The van der Waals surface area contributed by atoms with Gasteiger partial charge in [-0.3, -0.25) is 0 Å². The minimum absolute atomic E-state index is 0.314. The number of hydrogen-bond acceptors (Lipinski definition) is 2. The van der Waals surface area contributed by atoms with Crippen molar-refractivity contribution in [2.45, 2.75) is 6.29 Å². The Kier molecular flexibility index (Phi) is 4.45. The molecule has 0 saturated carbocycles. The fourth-order valence-corrected chi connectivity index (χ4v) is 1.68. The molecule has 1 aromatic rings. The van der Waals surface area contributed by atoms with E-state index in [1.807, 2.05) is 18.2 Å². The first-order valence-corrected chi connectivity index (χ1v) is 5.15. The Labute approximate surface area is 96.3 Å². The van der Waals surface area contributed by atoms with Gasteiger partial charge in [0.1, 0.15) is 0 Å². The summed E-state index contributed by atoms with van der Waals surface area (Å²) >= 11 is 8.06. The molecule has 4 heteroatoms. The molecule has 0 aliphatic rings. The second kappa shape index (κ2) is 5.14. The van der Waals surface area contributed by atoms with Crippen molar-refractivity contribution in [1.29, 1.82) is 0 Å². The van der Waals surface area contributed by atoms with Crippen molar-refractivity contribution in [2.75, 3.05) is 14.2 Å². The van der Waals surface area contributed by atoms with Crippen LogP contribution in [0.2, 0.25) is 5.02 Å². The summed E-state index contributed by atoms with van der Waals surface area (Å²) in [4.78, 5) is 0. The van der Waals surface area contributed by atoms with Gasteiger partial charge in [-0.2, -0.15) is 0 Å². The van der Waals surface area contributed by atoms with E-state index in [1.165, 1.54) is 0 Å². The average molecular weight is 313 g/mol. The average Bonchev–Trinajstić information content (AvgIpc) is 2.13. The zero-order chi connectivity index (χ0) is 9.84. The molecule has 0 saturated heterocycles. The van der Waals surface area contributed by atoms with Crippen LogP contribution in [-0.4, -0.2) is 14.2 Å². The first-order chi connectivity index (χ1) is 6.19. The first-order valence-electron chi connectivity index (χ1n) is 3.69. The molecule has 0 spiro atoms. The summed E-state index contributed by atoms with van der Waals surface area (Å²) in [7, 11) is 3.21. The number of halogens is 2. The lowest BCUT2D eigenvalue weighted by Gasteiger charge is -2.13. The van der Waals surface area contributed by atoms with Crippen molar-refractivity contribution in [1.82, 2.24) is 0 Å². The molecule has 0 bridgehead atoms. The van der Waals surface area contributed by atoms with Crippen LogP contribution in [0.1, 0.15) is 11.9 Å². The van der Waals surface area contributed by atoms with Crippen molar-refractivity contribution >= 4 is 34.2 Å². The lowest BCUT2D eigenvalue weighted by Crippen LogP contribution is -2.03. The van der Waals surface area contributed by atoms with E-state index < -0.39 is 0 Å². The summed E-state index contributed by atoms with van der Waals surface area (Å²) in [5, 5.41) is 0.746. The standard InChI is InChI=1S/C9H10ClIO2/c1-12-9(13-2)6-3-4-7(10)8(11)5-6/h3-5,9H,1-2H3. The summed E-state index contributed by atoms with van der Waals surface area (Å²) in [6.45, 7) is 0. The molecular formula is C9H10ClIO2. The largest absolute Gasteiger partial charge is 0.352 e. The zero-order valence-electron chi connectivity index (χ0n) is 7.38. The van der Waals surface area contributed by atoms with Crippen LogP contribution in [0.25, 0.3) is 0 Å². The van der Waals surface area contributed by atoms with Crippen LogP contribution in [0.4, 0.5) is 0 Å². The molecule has 0 amide bonds. The first kappa shape index (κ1) is 11.2. The lowest BCUT2D eigenvalue weighted by molar-refractivity contribution is -0.106. The van der Waals surface area contributed by atoms with Crippen LogP contribution < -0.4 is 0 Å². The van der Waals surface area contributed by atoms with Crippen molar-refractivity contribution in [3.8, 4) is 0 Å². The highest BCUT2D eigenvalue weighted by molar-refractivity contribution is 14.1. The Bertz CT molecular complexity index is 287. The molecule has 0 N–H and O–H groups in total. The molecule has 0 unspecified atom stereocenters. The van der Waals surface area contributed by atoms with E-state index in [2.05, 4.69) is 22.6 Å². The SMILES string of the molecule is COC(OC)c1ccc(Cl)c(I)c1. The van der Waals surface area contributed by atoms with Crippen molar-refractivity contribution in [3.05, 3.63) is 32.4 Å². The third-order valence-electron chi connectivity index (χ3n) is 1.64. The van der Waals surface area contributed by atoms with Crippen LogP contribution in [0.3, 0.4) is 0 Å². The molecule has 0 heterocycles. The van der Waals surface area contributed by atoms with Crippen molar-refractivity contribution in [2.24, 2.45) is 0 Å². The molecule has 0 aliphatic heterocycles. The van der Waals surface area contributed by atoms with E-state index in [0.29, 0.717) is 0 Å². The number of hydrogen-bond donors (Lipinski definition) is 0. The van der Waals surface area contributed by atoms with Gasteiger partial charge in [-0.25, -0.2) is 0 Å². The third kappa shape index (κ3) is 2.80. The Morgan fingerprint density at radius 2 is 1.92 bits per heavy atom. The molecule has 0 fully saturated rings. The van der Waals surface area contributed by atoms with Gasteiger partial charge in [0.15, 0.2) is 6.29 Å². The van der Waals surface area contributed by atoms with Gasteiger partial charge in [-0.05, 0) is 34.7 Å². The monoisotopic (exact) mass is 312 g/mol. The van der Waals surface area contributed by atoms with Crippen molar-refractivity contribution < 1.29 is 9.47 Å². The minimum Gasteiger partial charge on any atom is -0.352 e. The Hall–Kier alpha value is 0.160. The third-order valence-corrected chi connectivity index (χ3v) is 3.18. The summed E-state index contributed by atoms with van der Waals surface area (Å²) in [6, 6.07) is 5.67. The fraction of sp³-hybridized carbons (Fsp3) is 0.333. The number of ether oxygens (including phenoxy) is 2. The van der Waals surface area contributed by atoms with Gasteiger partial charge in [0.2, 0.25) is 0 Å². The Morgan fingerprint density at radius 1 is 1.31 bits per heavy atom. The molecule has 13 heavy (non-hydrogen) atoms. The molecule has 0 aliphatic carbocycles. The highest BCUT2D eigenvalue weighted by Crippen LogP contribution is 2.24. The summed E-state index contributed by atoms with van der Waals surface area (Å²) < 4.78 is 11.2. The van der Waals surface area contributed by atoms with Crippen LogP contribution in [0.15, 0.2) is 18.2 Å². The predicted octanol–water partition coefficient (Wildman–Crippen LogP) is 3.24. The van der Waals surface area contributed by atoms with E-state index in [4.69, 9.17) is 21.1 Å². The zero-order valence-corrected chi connectivity index (χ0v) is 10.3. The van der Waals surface area contributed by atoms with E-state index in [1.54, 1.807) is 14.2 Å². The van der Waals surface area contributed by atoms with Crippen molar-refractivity contribution in [3.63, 3.8) is 0 Å². The summed E-state index contributed by atoms with van der Waals surface area (Å²) in [5.41, 5.74) is 0.971. The van der Waals surface area contributed by atoms with Gasteiger partial charge in [0.05, 0.1) is 5.02 Å². The van der Waals surface area contributed by atoms with Gasteiger partial charge in [-0.15, -0.1) is 0 Å². The molecule has 1 aromatic carbocycles. The summed E-state index contributed by atoms with van der Waals surface area (Å²) in [5.74, 6) is 0. The van der Waals surface area contributed by atoms with Crippen LogP contribution in [-0.2, 0) is 9.47 Å². The van der Waals surface area contributed by atoms with Crippen LogP contribution in [0, 0.1) is 3.57 Å². The van der Waals surface area contributed by atoms with Gasteiger partial charge < -0.3 is 9.47 Å². The highest BCUT2D eigenvalue weighted by atomic mass is 127. The quantitative estimate of drug-likeness (QED) is 0.630. The molecule has 0 atom stereocenters. The molecule has 1 rings (SSSR count). The van der Waals surface area contributed by atoms with E-state index in [0.717, 1.165) is 14.2 Å². The Balaban J connectivity index is 2.95. The van der Waals surface area contributed by atoms with Crippen LogP contribution in [0.5, 0.6) is 0 Å². The molecule has 0 aromatic heterocycles. The fourth-order valence-electron chi connectivity index (χ4n) is 1.03. The van der Waals surface area contributed by atoms with E-state index >= 15 is 0 Å². The number of methoxy groups -OCH3 is 2. The smallest absolute Gasteiger partial charge is 0.183 e. The predicted molar refractivity (Wildman–Crippen MR) is 60.9 cm³/mol. The molecule has 72 valence electrons. The minimum atomic E-state index is -0.314. The van der Waals surface area contributed by atoms with Gasteiger partial charge in [0.25, 0.3) is 0 Å². The normalized spacial score (nSPS) is 10.8. The lowest BCUT2D eigenvalue weighted by atomic mass is 10.2. The number of benzene rings is 1. The topological polar surface area (TPSA) is 18.5 Å². The molecule has 2 nitrogen and oxygen atoms in total. The summed E-state index contributed by atoms with van der Waals surface area (Å²) in [6.07, 6.45) is -0.314. The second-order valence-corrected chi connectivity index (χ2v) is 4.05. The number of rotatable bonds is 3. The van der Waals surface area contributed by atoms with Gasteiger partial charge in [-0.1, -0.05) is 17.7 Å².